The van der Waals surface area contributed by atoms with Crippen LogP contribution in [0.15, 0.2) is 46.2 Å². The third kappa shape index (κ3) is 5.18. The average Bonchev–Trinajstić information content (AvgIpc) is 2.63. The van der Waals surface area contributed by atoms with Gasteiger partial charge in [0.25, 0.3) is 0 Å². The first-order valence-electron chi connectivity index (χ1n) is 8.60. The summed E-state index contributed by atoms with van der Waals surface area (Å²) in [5, 5.41) is 0.372. The number of benzene rings is 2. The van der Waals surface area contributed by atoms with Crippen LogP contribution < -0.4 is 4.72 Å². The Bertz CT molecular complexity index is 962. The first kappa shape index (κ1) is 21.4. The van der Waals surface area contributed by atoms with Crippen molar-refractivity contribution in [2.75, 3.05) is 31.3 Å². The molecule has 0 saturated carbocycles. The van der Waals surface area contributed by atoms with E-state index in [1.807, 2.05) is 6.07 Å². The van der Waals surface area contributed by atoms with Crippen LogP contribution in [0.1, 0.15) is 18.4 Å². The molecule has 3 rings (SSSR count). The van der Waals surface area contributed by atoms with Crippen LogP contribution in [0.25, 0.3) is 0 Å². The summed E-state index contributed by atoms with van der Waals surface area (Å²) in [5.74, 6) is -0.352. The summed E-state index contributed by atoms with van der Waals surface area (Å²) in [5.41, 5.74) is 0.576. The van der Waals surface area contributed by atoms with Gasteiger partial charge < -0.3 is 9.47 Å². The van der Waals surface area contributed by atoms with Gasteiger partial charge in [0.05, 0.1) is 22.6 Å². The summed E-state index contributed by atoms with van der Waals surface area (Å²) in [4.78, 5) is 1.37. The van der Waals surface area contributed by atoms with E-state index in [0.29, 0.717) is 46.6 Å². The predicted molar refractivity (Wildman–Crippen MR) is 109 cm³/mol. The Morgan fingerprint density at radius 3 is 2.54 bits per heavy atom. The van der Waals surface area contributed by atoms with E-state index in [2.05, 4.69) is 4.72 Å². The number of hydrogen-bond donors (Lipinski definition) is 1. The fraction of sp³-hybridized carbons (Fsp3) is 0.368. The second-order valence-corrected chi connectivity index (χ2v) is 9.88. The zero-order valence-corrected chi connectivity index (χ0v) is 17.9. The molecule has 0 bridgehead atoms. The molecule has 1 N–H and O–H groups in total. The van der Waals surface area contributed by atoms with Crippen LogP contribution in [0.2, 0.25) is 5.02 Å². The highest BCUT2D eigenvalue weighted by Crippen LogP contribution is 2.40. The van der Waals surface area contributed by atoms with Crippen LogP contribution in [-0.4, -0.2) is 35.0 Å². The normalized spacial score (nSPS) is 16.7. The van der Waals surface area contributed by atoms with Gasteiger partial charge in [-0.1, -0.05) is 23.4 Å². The van der Waals surface area contributed by atoms with Crippen molar-refractivity contribution in [3.05, 3.63) is 52.8 Å². The standard InChI is InChI=1S/C19H21ClFNO4S2/c1-25-19(5-7-26-8-6-19)13-9-14(21)11-16(10-13)27-18-4-3-15(12-17(18)20)22-28(2,23)24/h3-4,9-12,22H,5-8H2,1-2H3. The van der Waals surface area contributed by atoms with Gasteiger partial charge in [-0.15, -0.1) is 0 Å². The molecule has 0 unspecified atom stereocenters. The summed E-state index contributed by atoms with van der Waals surface area (Å²) in [7, 11) is -1.76. The van der Waals surface area contributed by atoms with E-state index < -0.39 is 15.6 Å². The smallest absolute Gasteiger partial charge is 0.229 e. The zero-order valence-electron chi connectivity index (χ0n) is 15.5. The molecule has 1 saturated heterocycles. The van der Waals surface area contributed by atoms with Crippen molar-refractivity contribution in [1.82, 2.24) is 0 Å². The first-order chi connectivity index (χ1) is 13.2. The SMILES string of the molecule is COC1(c2cc(F)cc(Sc3ccc(NS(C)(=O)=O)cc3Cl)c2)CCOCC1. The second-order valence-electron chi connectivity index (χ2n) is 6.61. The molecule has 28 heavy (non-hydrogen) atoms. The van der Waals surface area contributed by atoms with Gasteiger partial charge in [-0.3, -0.25) is 4.72 Å². The van der Waals surface area contributed by atoms with Crippen molar-refractivity contribution in [2.24, 2.45) is 0 Å². The van der Waals surface area contributed by atoms with Gasteiger partial charge in [-0.05, 0) is 42.0 Å². The molecule has 5 nitrogen and oxygen atoms in total. The van der Waals surface area contributed by atoms with E-state index >= 15 is 0 Å². The third-order valence-electron chi connectivity index (χ3n) is 4.55. The minimum absolute atomic E-state index is 0.352. The molecule has 1 aliphatic heterocycles. The van der Waals surface area contributed by atoms with E-state index in [4.69, 9.17) is 21.1 Å². The van der Waals surface area contributed by atoms with Gasteiger partial charge in [-0.25, -0.2) is 12.8 Å². The number of anilines is 1. The average molecular weight is 446 g/mol. The maximum atomic E-state index is 14.3. The number of ether oxygens (including phenoxy) is 2. The van der Waals surface area contributed by atoms with Crippen molar-refractivity contribution in [3.8, 4) is 0 Å². The van der Waals surface area contributed by atoms with Crippen molar-refractivity contribution in [1.29, 1.82) is 0 Å². The van der Waals surface area contributed by atoms with E-state index in [9.17, 15) is 12.8 Å². The van der Waals surface area contributed by atoms with Gasteiger partial charge in [0.1, 0.15) is 5.82 Å². The van der Waals surface area contributed by atoms with E-state index in [0.717, 1.165) is 11.8 Å². The van der Waals surface area contributed by atoms with Crippen LogP contribution in [0.3, 0.4) is 0 Å². The molecule has 1 fully saturated rings. The fourth-order valence-electron chi connectivity index (χ4n) is 3.18. The van der Waals surface area contributed by atoms with Crippen molar-refractivity contribution in [2.45, 2.75) is 28.2 Å². The number of halogens is 2. The predicted octanol–water partition coefficient (Wildman–Crippen LogP) is 4.65. The molecule has 0 atom stereocenters. The Kier molecular flexibility index (Phi) is 6.56. The lowest BCUT2D eigenvalue weighted by atomic mass is 9.86. The number of hydrogen-bond acceptors (Lipinski definition) is 5. The molecule has 2 aromatic rings. The lowest BCUT2D eigenvalue weighted by molar-refractivity contribution is -0.0950. The van der Waals surface area contributed by atoms with Crippen molar-refractivity contribution in [3.63, 3.8) is 0 Å². The number of methoxy groups -OCH3 is 1. The molecule has 0 amide bonds. The number of nitrogens with one attached hydrogen (secondary N) is 1. The quantitative estimate of drug-likeness (QED) is 0.700. The van der Waals surface area contributed by atoms with Gasteiger partial charge >= 0.3 is 0 Å². The molecule has 152 valence electrons. The monoisotopic (exact) mass is 445 g/mol. The highest BCUT2D eigenvalue weighted by molar-refractivity contribution is 7.99. The third-order valence-corrected chi connectivity index (χ3v) is 6.63. The van der Waals surface area contributed by atoms with Crippen LogP contribution >= 0.6 is 23.4 Å². The summed E-state index contributed by atoms with van der Waals surface area (Å²) in [6.07, 6.45) is 2.38. The molecule has 0 radical (unpaired) electrons. The maximum Gasteiger partial charge on any atom is 0.229 e. The first-order valence-corrected chi connectivity index (χ1v) is 11.7. The molecular formula is C19H21ClFNO4S2. The van der Waals surface area contributed by atoms with Crippen molar-refractivity contribution >= 4 is 39.1 Å². The molecular weight excluding hydrogens is 425 g/mol. The molecule has 2 aromatic carbocycles. The minimum atomic E-state index is -3.39. The summed E-state index contributed by atoms with van der Waals surface area (Å²) in [6, 6.07) is 9.69. The molecule has 0 aliphatic carbocycles. The van der Waals surface area contributed by atoms with Gasteiger partial charge in [0, 0.05) is 43.0 Å². The lowest BCUT2D eigenvalue weighted by Gasteiger charge is -2.36. The van der Waals surface area contributed by atoms with Crippen LogP contribution in [0, 0.1) is 5.82 Å². The summed E-state index contributed by atoms with van der Waals surface area (Å²) < 4.78 is 50.6. The number of rotatable bonds is 6. The van der Waals surface area contributed by atoms with Gasteiger partial charge in [0.15, 0.2) is 0 Å². The molecule has 0 aromatic heterocycles. The van der Waals surface area contributed by atoms with Crippen LogP contribution in [-0.2, 0) is 25.1 Å². The van der Waals surface area contributed by atoms with E-state index in [-0.39, 0.29) is 5.82 Å². The molecule has 1 heterocycles. The summed E-state index contributed by atoms with van der Waals surface area (Å²) >= 11 is 7.61. The summed E-state index contributed by atoms with van der Waals surface area (Å²) in [6.45, 7) is 1.13. The fourth-order valence-corrected chi connectivity index (χ4v) is 4.94. The lowest BCUT2D eigenvalue weighted by Crippen LogP contribution is -2.35. The second kappa shape index (κ2) is 8.59. The Morgan fingerprint density at radius 1 is 1.21 bits per heavy atom. The maximum absolute atomic E-state index is 14.3. The molecule has 9 heteroatoms. The Labute approximate surface area is 173 Å². The highest BCUT2D eigenvalue weighted by atomic mass is 35.5. The molecule has 0 spiro atoms. The topological polar surface area (TPSA) is 64.6 Å². The van der Waals surface area contributed by atoms with Crippen LogP contribution in [0.4, 0.5) is 10.1 Å². The zero-order chi connectivity index (χ0) is 20.4. The highest BCUT2D eigenvalue weighted by Gasteiger charge is 2.35. The van der Waals surface area contributed by atoms with Gasteiger partial charge in [-0.2, -0.15) is 0 Å². The van der Waals surface area contributed by atoms with Gasteiger partial charge in [0.2, 0.25) is 10.0 Å². The largest absolute Gasteiger partial charge is 0.381 e. The molecule has 1 aliphatic rings. The Balaban J connectivity index is 1.88. The minimum Gasteiger partial charge on any atom is -0.381 e. The number of sulfonamides is 1. The van der Waals surface area contributed by atoms with Crippen LogP contribution in [0.5, 0.6) is 0 Å². The van der Waals surface area contributed by atoms with E-state index in [1.165, 1.54) is 30.0 Å². The Hall–Kier alpha value is -1.32. The van der Waals surface area contributed by atoms with E-state index in [1.54, 1.807) is 19.2 Å². The van der Waals surface area contributed by atoms with Crippen molar-refractivity contribution < 1.29 is 22.3 Å². The Morgan fingerprint density at radius 2 is 1.93 bits per heavy atom.